The summed E-state index contributed by atoms with van der Waals surface area (Å²) in [7, 11) is 1.58. The van der Waals surface area contributed by atoms with Gasteiger partial charge in [-0.25, -0.2) is 0 Å². The van der Waals surface area contributed by atoms with E-state index in [1.807, 2.05) is 36.4 Å². The van der Waals surface area contributed by atoms with Crippen LogP contribution in [0, 0.1) is 5.21 Å². The fourth-order valence-electron chi connectivity index (χ4n) is 2.25. The van der Waals surface area contributed by atoms with Crippen molar-refractivity contribution in [3.05, 3.63) is 70.0 Å². The van der Waals surface area contributed by atoms with E-state index >= 15 is 0 Å². The van der Waals surface area contributed by atoms with E-state index in [2.05, 4.69) is 15.9 Å². The average molecular weight is 360 g/mol. The van der Waals surface area contributed by atoms with E-state index in [1.165, 1.54) is 6.20 Å². The number of ether oxygens (including phenoxy) is 2. The minimum absolute atomic E-state index is 0.415. The van der Waals surface area contributed by atoms with Crippen LogP contribution in [0.2, 0.25) is 0 Å². The third-order valence-electron chi connectivity index (χ3n) is 3.32. The number of benzene rings is 2. The summed E-state index contributed by atoms with van der Waals surface area (Å²) in [4.78, 5) is 0. The van der Waals surface area contributed by atoms with E-state index in [1.54, 1.807) is 19.2 Å². The fourth-order valence-corrected chi connectivity index (χ4v) is 2.68. The second-order valence-electron chi connectivity index (χ2n) is 4.82. The van der Waals surface area contributed by atoms with E-state index in [0.29, 0.717) is 23.6 Å². The van der Waals surface area contributed by atoms with Gasteiger partial charge in [-0.2, -0.15) is 4.73 Å². The van der Waals surface area contributed by atoms with E-state index in [-0.39, 0.29) is 0 Å². The molecule has 0 radical (unpaired) electrons. The van der Waals surface area contributed by atoms with Gasteiger partial charge in [-0.15, -0.1) is 0 Å². The molecule has 1 heterocycles. The van der Waals surface area contributed by atoms with Gasteiger partial charge in [0.2, 0.25) is 5.52 Å². The third kappa shape index (κ3) is 2.99. The average Bonchev–Trinajstić information content (AvgIpc) is 2.53. The van der Waals surface area contributed by atoms with Crippen LogP contribution in [0.15, 0.2) is 59.2 Å². The molecule has 0 spiro atoms. The molecule has 0 fully saturated rings. The Labute approximate surface area is 136 Å². The van der Waals surface area contributed by atoms with Crippen LogP contribution in [0.4, 0.5) is 0 Å². The van der Waals surface area contributed by atoms with Crippen molar-refractivity contribution >= 4 is 26.8 Å². The second-order valence-corrected chi connectivity index (χ2v) is 5.74. The van der Waals surface area contributed by atoms with Crippen molar-refractivity contribution in [2.24, 2.45) is 0 Å². The van der Waals surface area contributed by atoms with Crippen LogP contribution in [-0.4, -0.2) is 7.11 Å². The molecule has 0 N–H and O–H groups in total. The molecule has 1 aromatic heterocycles. The van der Waals surface area contributed by atoms with Crippen LogP contribution in [0.1, 0.15) is 5.56 Å². The molecule has 0 saturated carbocycles. The van der Waals surface area contributed by atoms with Gasteiger partial charge < -0.3 is 14.7 Å². The number of aromatic nitrogens is 1. The summed E-state index contributed by atoms with van der Waals surface area (Å²) in [5.74, 6) is 1.15. The van der Waals surface area contributed by atoms with Crippen LogP contribution in [0.3, 0.4) is 0 Å². The van der Waals surface area contributed by atoms with Crippen molar-refractivity contribution in [2.45, 2.75) is 6.61 Å². The second kappa shape index (κ2) is 6.23. The zero-order chi connectivity index (χ0) is 15.5. The molecule has 4 nitrogen and oxygen atoms in total. The van der Waals surface area contributed by atoms with Crippen molar-refractivity contribution in [3.63, 3.8) is 0 Å². The Morgan fingerprint density at radius 3 is 2.59 bits per heavy atom. The van der Waals surface area contributed by atoms with Crippen LogP contribution < -0.4 is 14.2 Å². The number of hydrogen-bond acceptors (Lipinski definition) is 3. The zero-order valence-corrected chi connectivity index (χ0v) is 13.5. The van der Waals surface area contributed by atoms with Gasteiger partial charge in [-0.3, -0.25) is 0 Å². The molecular formula is C17H14BrNO3. The molecule has 0 aliphatic rings. The summed E-state index contributed by atoms with van der Waals surface area (Å²) in [6.45, 7) is 0.415. The summed E-state index contributed by atoms with van der Waals surface area (Å²) in [5.41, 5.74) is 1.59. The van der Waals surface area contributed by atoms with Crippen molar-refractivity contribution in [2.75, 3.05) is 7.11 Å². The van der Waals surface area contributed by atoms with Crippen molar-refractivity contribution in [3.8, 4) is 11.5 Å². The van der Waals surface area contributed by atoms with E-state index < -0.39 is 0 Å². The summed E-state index contributed by atoms with van der Waals surface area (Å²) in [6.07, 6.45) is 1.47. The van der Waals surface area contributed by atoms with E-state index in [4.69, 9.17) is 9.47 Å². The van der Waals surface area contributed by atoms with Crippen molar-refractivity contribution < 1.29 is 14.2 Å². The number of hydrogen-bond donors (Lipinski definition) is 0. The first-order valence-corrected chi connectivity index (χ1v) is 7.54. The Morgan fingerprint density at radius 2 is 1.86 bits per heavy atom. The van der Waals surface area contributed by atoms with Crippen molar-refractivity contribution in [1.82, 2.24) is 0 Å². The molecule has 0 bridgehead atoms. The minimum atomic E-state index is 0.415. The molecule has 5 heteroatoms. The highest BCUT2D eigenvalue weighted by Crippen LogP contribution is 2.32. The molecule has 0 unspecified atom stereocenters. The Hall–Kier alpha value is -2.27. The number of fused-ring (bicyclic) bond motifs is 1. The predicted molar refractivity (Wildman–Crippen MR) is 87.9 cm³/mol. The smallest absolute Gasteiger partial charge is 0.227 e. The molecule has 0 aliphatic carbocycles. The lowest BCUT2D eigenvalue weighted by Crippen LogP contribution is -2.26. The Bertz CT molecular complexity index is 806. The van der Waals surface area contributed by atoms with E-state index in [9.17, 15) is 5.21 Å². The molecule has 112 valence electrons. The number of nitrogens with zero attached hydrogens (tertiary/aromatic N) is 1. The molecule has 0 aliphatic heterocycles. The quantitative estimate of drug-likeness (QED) is 0.525. The van der Waals surface area contributed by atoms with Gasteiger partial charge in [0.1, 0.15) is 6.61 Å². The summed E-state index contributed by atoms with van der Waals surface area (Å²) in [5, 5.41) is 12.8. The van der Waals surface area contributed by atoms with Gasteiger partial charge in [0.25, 0.3) is 0 Å². The highest BCUT2D eigenvalue weighted by Gasteiger charge is 2.13. The molecule has 2 aromatic carbocycles. The topological polar surface area (TPSA) is 45.4 Å². The number of rotatable bonds is 4. The first kappa shape index (κ1) is 14.7. The van der Waals surface area contributed by atoms with Crippen LogP contribution in [-0.2, 0) is 6.61 Å². The van der Waals surface area contributed by atoms with Gasteiger partial charge >= 0.3 is 0 Å². The maximum Gasteiger partial charge on any atom is 0.227 e. The number of pyridine rings is 1. The van der Waals surface area contributed by atoms with Gasteiger partial charge in [0, 0.05) is 0 Å². The first-order valence-electron chi connectivity index (χ1n) is 6.74. The highest BCUT2D eigenvalue weighted by atomic mass is 79.9. The summed E-state index contributed by atoms with van der Waals surface area (Å²) in [6, 6.07) is 15.2. The lowest BCUT2D eigenvalue weighted by molar-refractivity contribution is -0.577. The molecule has 0 amide bonds. The lowest BCUT2D eigenvalue weighted by Gasteiger charge is -2.12. The molecular weight excluding hydrogens is 346 g/mol. The van der Waals surface area contributed by atoms with Crippen molar-refractivity contribution in [1.29, 1.82) is 0 Å². The lowest BCUT2D eigenvalue weighted by atomic mass is 10.2. The summed E-state index contributed by atoms with van der Waals surface area (Å²) < 4.78 is 12.7. The Morgan fingerprint density at radius 1 is 1.09 bits per heavy atom. The van der Waals surface area contributed by atoms with Crippen LogP contribution in [0.5, 0.6) is 11.5 Å². The normalized spacial score (nSPS) is 10.6. The Kier molecular flexibility index (Phi) is 4.15. The Balaban J connectivity index is 1.97. The molecule has 0 saturated heterocycles. The minimum Gasteiger partial charge on any atom is -0.618 e. The maximum absolute atomic E-state index is 12.0. The first-order chi connectivity index (χ1) is 10.7. The van der Waals surface area contributed by atoms with Gasteiger partial charge in [0.05, 0.1) is 23.0 Å². The van der Waals surface area contributed by atoms with Crippen LogP contribution in [0.25, 0.3) is 10.9 Å². The van der Waals surface area contributed by atoms with E-state index in [0.717, 1.165) is 20.2 Å². The monoisotopic (exact) mass is 359 g/mol. The van der Waals surface area contributed by atoms with Gasteiger partial charge in [-0.05, 0) is 33.6 Å². The molecule has 0 atom stereocenters. The highest BCUT2D eigenvalue weighted by molar-refractivity contribution is 9.10. The van der Waals surface area contributed by atoms with Gasteiger partial charge in [-0.1, -0.05) is 30.3 Å². The van der Waals surface area contributed by atoms with Crippen LogP contribution >= 0.6 is 15.9 Å². The SMILES string of the molecule is COc1cc2cc(Br)c[n+]([O-])c2cc1OCc1ccccc1. The standard InChI is InChI=1S/C17H14BrNO3/c1-21-16-8-13-7-14(18)10-19(20)15(13)9-17(16)22-11-12-5-3-2-4-6-12/h2-10H,11H2,1H3. The molecule has 22 heavy (non-hydrogen) atoms. The maximum atomic E-state index is 12.0. The molecule has 3 rings (SSSR count). The summed E-state index contributed by atoms with van der Waals surface area (Å²) >= 11 is 3.32. The van der Waals surface area contributed by atoms with Gasteiger partial charge in [0.15, 0.2) is 17.7 Å². The third-order valence-corrected chi connectivity index (χ3v) is 3.76. The number of methoxy groups -OCH3 is 1. The predicted octanol–water partition coefficient (Wildman–Crippen LogP) is 3.82. The molecule has 3 aromatic rings. The fraction of sp³-hybridized carbons (Fsp3) is 0.118. The zero-order valence-electron chi connectivity index (χ0n) is 12.0. The number of halogens is 1. The largest absolute Gasteiger partial charge is 0.618 e.